The Balaban J connectivity index is 2.76. The zero-order valence-electron chi connectivity index (χ0n) is 9.33. The molecule has 1 heterocycles. The SMILES string of the molecule is NCCNC(=O)c1cccnc1OCC(F)(F)F. The molecule has 0 atom stereocenters. The average molecular weight is 263 g/mol. The van der Waals surface area contributed by atoms with Crippen molar-refractivity contribution in [3.63, 3.8) is 0 Å². The van der Waals surface area contributed by atoms with Crippen LogP contribution >= 0.6 is 0 Å². The molecule has 0 saturated carbocycles. The van der Waals surface area contributed by atoms with E-state index in [9.17, 15) is 18.0 Å². The van der Waals surface area contributed by atoms with Crippen LogP contribution in [-0.2, 0) is 0 Å². The van der Waals surface area contributed by atoms with E-state index in [1.165, 1.54) is 18.3 Å². The zero-order valence-corrected chi connectivity index (χ0v) is 9.33. The highest BCUT2D eigenvalue weighted by molar-refractivity contribution is 5.96. The molecule has 1 aromatic rings. The van der Waals surface area contributed by atoms with Gasteiger partial charge in [0.25, 0.3) is 5.91 Å². The average Bonchev–Trinajstić information content (AvgIpc) is 2.33. The van der Waals surface area contributed by atoms with Gasteiger partial charge in [-0.25, -0.2) is 4.98 Å². The van der Waals surface area contributed by atoms with Crippen molar-refractivity contribution >= 4 is 5.91 Å². The second kappa shape index (κ2) is 6.20. The van der Waals surface area contributed by atoms with Crippen LogP contribution in [0.1, 0.15) is 10.4 Å². The number of hydrogen-bond donors (Lipinski definition) is 2. The number of halogens is 3. The van der Waals surface area contributed by atoms with Gasteiger partial charge in [-0.15, -0.1) is 0 Å². The van der Waals surface area contributed by atoms with Crippen molar-refractivity contribution in [3.8, 4) is 5.88 Å². The van der Waals surface area contributed by atoms with Gasteiger partial charge in [0.2, 0.25) is 5.88 Å². The number of amides is 1. The minimum absolute atomic E-state index is 0.0600. The summed E-state index contributed by atoms with van der Waals surface area (Å²) in [6.07, 6.45) is -3.24. The van der Waals surface area contributed by atoms with Crippen LogP contribution < -0.4 is 15.8 Å². The standard InChI is InChI=1S/C10H12F3N3O2/c11-10(12,13)6-18-9-7(2-1-4-16-9)8(17)15-5-3-14/h1-2,4H,3,5-6,14H2,(H,15,17). The maximum atomic E-state index is 12.0. The minimum Gasteiger partial charge on any atom is -0.467 e. The monoisotopic (exact) mass is 263 g/mol. The fraction of sp³-hybridized carbons (Fsp3) is 0.400. The highest BCUT2D eigenvalue weighted by Crippen LogP contribution is 2.19. The van der Waals surface area contributed by atoms with Crippen molar-refractivity contribution in [2.45, 2.75) is 6.18 Å². The summed E-state index contributed by atoms with van der Waals surface area (Å²) < 4.78 is 40.5. The molecule has 0 aliphatic carbocycles. The third-order valence-electron chi connectivity index (χ3n) is 1.82. The first-order chi connectivity index (χ1) is 8.44. The van der Waals surface area contributed by atoms with Gasteiger partial charge in [0.05, 0.1) is 0 Å². The van der Waals surface area contributed by atoms with Gasteiger partial charge in [-0.05, 0) is 12.1 Å². The Morgan fingerprint density at radius 2 is 2.22 bits per heavy atom. The van der Waals surface area contributed by atoms with Crippen molar-refractivity contribution in [1.29, 1.82) is 0 Å². The van der Waals surface area contributed by atoms with E-state index < -0.39 is 18.7 Å². The largest absolute Gasteiger partial charge is 0.467 e. The quantitative estimate of drug-likeness (QED) is 0.820. The number of nitrogens with one attached hydrogen (secondary N) is 1. The van der Waals surface area contributed by atoms with Gasteiger partial charge in [0.15, 0.2) is 6.61 Å². The molecule has 0 aromatic carbocycles. The number of nitrogens with two attached hydrogens (primary N) is 1. The lowest BCUT2D eigenvalue weighted by atomic mass is 10.2. The fourth-order valence-corrected chi connectivity index (χ4v) is 1.11. The molecule has 100 valence electrons. The molecule has 5 nitrogen and oxygen atoms in total. The molecule has 0 saturated heterocycles. The van der Waals surface area contributed by atoms with Crippen LogP contribution in [0.4, 0.5) is 13.2 Å². The maximum absolute atomic E-state index is 12.0. The minimum atomic E-state index is -4.48. The van der Waals surface area contributed by atoms with E-state index in [0.717, 1.165) is 0 Å². The number of pyridine rings is 1. The van der Waals surface area contributed by atoms with Gasteiger partial charge >= 0.3 is 6.18 Å². The van der Waals surface area contributed by atoms with Gasteiger partial charge in [-0.2, -0.15) is 13.2 Å². The van der Waals surface area contributed by atoms with E-state index >= 15 is 0 Å². The van der Waals surface area contributed by atoms with Crippen LogP contribution in [0.25, 0.3) is 0 Å². The van der Waals surface area contributed by atoms with Crippen molar-refractivity contribution in [3.05, 3.63) is 23.9 Å². The number of ether oxygens (including phenoxy) is 1. The molecular formula is C10H12F3N3O2. The first-order valence-electron chi connectivity index (χ1n) is 5.07. The van der Waals surface area contributed by atoms with Crippen LogP contribution in [0.5, 0.6) is 5.88 Å². The van der Waals surface area contributed by atoms with Gasteiger partial charge < -0.3 is 15.8 Å². The van der Waals surface area contributed by atoms with Crippen LogP contribution in [0.2, 0.25) is 0 Å². The third-order valence-corrected chi connectivity index (χ3v) is 1.82. The Morgan fingerprint density at radius 1 is 1.50 bits per heavy atom. The molecular weight excluding hydrogens is 251 g/mol. The van der Waals surface area contributed by atoms with Crippen LogP contribution in [0.15, 0.2) is 18.3 Å². The maximum Gasteiger partial charge on any atom is 0.422 e. The van der Waals surface area contributed by atoms with Crippen LogP contribution in [0.3, 0.4) is 0 Å². The molecule has 18 heavy (non-hydrogen) atoms. The van der Waals surface area contributed by atoms with Gasteiger partial charge in [0.1, 0.15) is 5.56 Å². The molecule has 1 amide bonds. The second-order valence-corrected chi connectivity index (χ2v) is 3.30. The summed E-state index contributed by atoms with van der Waals surface area (Å²) in [4.78, 5) is 15.2. The molecule has 0 radical (unpaired) electrons. The molecule has 8 heteroatoms. The van der Waals surface area contributed by atoms with E-state index in [1.807, 2.05) is 0 Å². The van der Waals surface area contributed by atoms with Crippen molar-refractivity contribution in [2.24, 2.45) is 5.73 Å². The fourth-order valence-electron chi connectivity index (χ4n) is 1.11. The summed E-state index contributed by atoms with van der Waals surface area (Å²) >= 11 is 0. The third kappa shape index (κ3) is 4.58. The van der Waals surface area contributed by atoms with Gasteiger partial charge in [-0.1, -0.05) is 0 Å². The molecule has 3 N–H and O–H groups in total. The Hall–Kier alpha value is -1.83. The topological polar surface area (TPSA) is 77.2 Å². The van der Waals surface area contributed by atoms with Gasteiger partial charge in [0, 0.05) is 19.3 Å². The number of rotatable bonds is 5. The van der Waals surface area contributed by atoms with E-state index in [1.54, 1.807) is 0 Å². The summed E-state index contributed by atoms with van der Waals surface area (Å²) in [6, 6.07) is 2.75. The second-order valence-electron chi connectivity index (χ2n) is 3.30. The Bertz CT molecular complexity index is 410. The van der Waals surface area contributed by atoms with E-state index in [0.29, 0.717) is 0 Å². The Morgan fingerprint density at radius 3 is 2.83 bits per heavy atom. The number of alkyl halides is 3. The van der Waals surface area contributed by atoms with E-state index in [-0.39, 0.29) is 24.5 Å². The summed E-state index contributed by atoms with van der Waals surface area (Å²) in [5.74, 6) is -0.935. The number of hydrogen-bond acceptors (Lipinski definition) is 4. The summed E-state index contributed by atoms with van der Waals surface area (Å²) in [5.41, 5.74) is 5.14. The molecule has 0 aliphatic heterocycles. The first-order valence-corrected chi connectivity index (χ1v) is 5.07. The van der Waals surface area contributed by atoms with Crippen LogP contribution in [0, 0.1) is 0 Å². The lowest BCUT2D eigenvalue weighted by Gasteiger charge is -2.11. The van der Waals surface area contributed by atoms with Crippen molar-refractivity contribution in [2.75, 3.05) is 19.7 Å². The normalized spacial score (nSPS) is 11.1. The summed E-state index contributed by atoms with van der Waals surface area (Å²) in [7, 11) is 0. The van der Waals surface area contributed by atoms with Gasteiger partial charge in [-0.3, -0.25) is 4.79 Å². The molecule has 0 unspecified atom stereocenters. The Kier molecular flexibility index (Phi) is 4.90. The highest BCUT2D eigenvalue weighted by atomic mass is 19.4. The van der Waals surface area contributed by atoms with E-state index in [4.69, 9.17) is 5.73 Å². The Labute approximate surface area is 101 Å². The lowest BCUT2D eigenvalue weighted by molar-refractivity contribution is -0.154. The smallest absolute Gasteiger partial charge is 0.422 e. The highest BCUT2D eigenvalue weighted by Gasteiger charge is 2.29. The molecule has 0 fully saturated rings. The lowest BCUT2D eigenvalue weighted by Crippen LogP contribution is -2.30. The first kappa shape index (κ1) is 14.2. The van der Waals surface area contributed by atoms with Crippen LogP contribution in [-0.4, -0.2) is 36.8 Å². The van der Waals surface area contributed by atoms with E-state index in [2.05, 4.69) is 15.0 Å². The molecule has 0 bridgehead atoms. The number of carbonyl (C=O) groups excluding carboxylic acids is 1. The number of aromatic nitrogens is 1. The number of nitrogens with zero attached hydrogens (tertiary/aromatic N) is 1. The molecule has 0 spiro atoms. The van der Waals surface area contributed by atoms with Crippen molar-refractivity contribution in [1.82, 2.24) is 10.3 Å². The van der Waals surface area contributed by atoms with Crippen molar-refractivity contribution < 1.29 is 22.7 Å². The molecule has 0 aliphatic rings. The summed E-state index contributed by atoms with van der Waals surface area (Å²) in [5, 5.41) is 2.42. The zero-order chi connectivity index (χ0) is 13.6. The number of carbonyl (C=O) groups is 1. The summed E-state index contributed by atoms with van der Waals surface area (Å²) in [6.45, 7) is -1.06. The predicted molar refractivity (Wildman–Crippen MR) is 57.2 cm³/mol. The molecule has 1 aromatic heterocycles. The molecule has 1 rings (SSSR count). The predicted octanol–water partition coefficient (Wildman–Crippen LogP) is 0.711.